The molecule has 1 N–H and O–H groups in total. The van der Waals surface area contributed by atoms with Crippen molar-refractivity contribution in [2.24, 2.45) is 0 Å². The maximum Gasteiger partial charge on any atom is 0.156 e. The lowest BCUT2D eigenvalue weighted by Gasteiger charge is -1.61. The molecule has 3 nitrogen and oxygen atoms in total. The lowest BCUT2D eigenvalue weighted by Crippen LogP contribution is -1.69. The van der Waals surface area contributed by atoms with Crippen LogP contribution in [0.3, 0.4) is 0 Å². The first kappa shape index (κ1) is 3.88. The monoisotopic (exact) mass is 92.0 g/mol. The van der Waals surface area contributed by atoms with E-state index >= 15 is 0 Å². The first-order chi connectivity index (χ1) is 3.43. The van der Waals surface area contributed by atoms with Crippen LogP contribution in [0.4, 0.5) is 0 Å². The molecule has 1 rings (SSSR count). The van der Waals surface area contributed by atoms with E-state index < -0.39 is 0 Å². The van der Waals surface area contributed by atoms with Crippen LogP contribution in [0.25, 0.3) is 0 Å². The SMILES string of the molecule is [C]#Cc1c[nH]nn1. The lowest BCUT2D eigenvalue weighted by molar-refractivity contribution is 0.936. The molecule has 0 aliphatic carbocycles. The third-order valence-electron chi connectivity index (χ3n) is 0.545. The summed E-state index contributed by atoms with van der Waals surface area (Å²) in [5.74, 6) is 2.05. The summed E-state index contributed by atoms with van der Waals surface area (Å²) in [5, 5.41) is 9.20. The fourth-order valence-corrected chi connectivity index (χ4v) is 0.263. The molecule has 0 spiro atoms. The summed E-state index contributed by atoms with van der Waals surface area (Å²) >= 11 is 0. The highest BCUT2D eigenvalue weighted by Crippen LogP contribution is 1.79. The Labute approximate surface area is 40.7 Å². The summed E-state index contributed by atoms with van der Waals surface area (Å²) < 4.78 is 0. The average molecular weight is 92.1 g/mol. The van der Waals surface area contributed by atoms with E-state index in [1.165, 1.54) is 6.20 Å². The van der Waals surface area contributed by atoms with Crippen LogP contribution in [0.15, 0.2) is 6.20 Å². The molecular formula is C4H2N3. The Balaban J connectivity index is 3.04. The zero-order chi connectivity index (χ0) is 5.11. The zero-order valence-electron chi connectivity index (χ0n) is 3.47. The summed E-state index contributed by atoms with van der Waals surface area (Å²) in [6, 6.07) is 0. The van der Waals surface area contributed by atoms with Crippen molar-refractivity contribution < 1.29 is 0 Å². The fraction of sp³-hybridized carbons (Fsp3) is 0. The van der Waals surface area contributed by atoms with E-state index in [1.54, 1.807) is 0 Å². The Bertz CT molecular complexity index is 169. The van der Waals surface area contributed by atoms with Gasteiger partial charge in [-0.1, -0.05) is 5.21 Å². The minimum atomic E-state index is 0.431. The van der Waals surface area contributed by atoms with Crippen molar-refractivity contribution in [3.63, 3.8) is 0 Å². The van der Waals surface area contributed by atoms with Crippen LogP contribution >= 0.6 is 0 Å². The third kappa shape index (κ3) is 0.578. The molecule has 1 aromatic heterocycles. The molecule has 33 valence electrons. The van der Waals surface area contributed by atoms with Gasteiger partial charge in [0, 0.05) is 0 Å². The lowest BCUT2D eigenvalue weighted by atomic mass is 10.5. The smallest absolute Gasteiger partial charge is 0.156 e. The molecule has 0 saturated carbocycles. The molecule has 1 aromatic rings. The van der Waals surface area contributed by atoms with E-state index in [0.29, 0.717) is 5.69 Å². The van der Waals surface area contributed by atoms with Crippen molar-refractivity contribution >= 4 is 0 Å². The first-order valence-corrected chi connectivity index (χ1v) is 1.72. The van der Waals surface area contributed by atoms with E-state index in [4.69, 9.17) is 6.42 Å². The molecular weight excluding hydrogens is 90.1 g/mol. The van der Waals surface area contributed by atoms with Crippen LogP contribution in [0.2, 0.25) is 0 Å². The number of nitrogens with zero attached hydrogens (tertiary/aromatic N) is 2. The molecule has 0 bridgehead atoms. The van der Waals surface area contributed by atoms with Crippen molar-refractivity contribution in [1.82, 2.24) is 15.4 Å². The predicted molar refractivity (Wildman–Crippen MR) is 22.6 cm³/mol. The van der Waals surface area contributed by atoms with Crippen molar-refractivity contribution in [2.45, 2.75) is 0 Å². The summed E-state index contributed by atoms with van der Waals surface area (Å²) in [6.45, 7) is 0. The summed E-state index contributed by atoms with van der Waals surface area (Å²) in [7, 11) is 0. The summed E-state index contributed by atoms with van der Waals surface area (Å²) in [5.41, 5.74) is 0.431. The van der Waals surface area contributed by atoms with E-state index in [-0.39, 0.29) is 0 Å². The highest BCUT2D eigenvalue weighted by atomic mass is 15.3. The summed E-state index contributed by atoms with van der Waals surface area (Å²) in [4.78, 5) is 0. The van der Waals surface area contributed by atoms with Gasteiger partial charge in [-0.25, -0.2) is 0 Å². The maximum absolute atomic E-state index is 6.49. The van der Waals surface area contributed by atoms with Crippen LogP contribution < -0.4 is 0 Å². The van der Waals surface area contributed by atoms with Gasteiger partial charge in [0.1, 0.15) is 0 Å². The second kappa shape index (κ2) is 1.43. The number of aromatic nitrogens is 3. The Hall–Kier alpha value is -1.30. The molecule has 0 amide bonds. The maximum atomic E-state index is 6.49. The third-order valence-corrected chi connectivity index (χ3v) is 0.545. The normalized spacial score (nSPS) is 7.86. The molecule has 0 unspecified atom stereocenters. The van der Waals surface area contributed by atoms with E-state index in [9.17, 15) is 0 Å². The van der Waals surface area contributed by atoms with E-state index in [0.717, 1.165) is 0 Å². The molecule has 3 heteroatoms. The Kier molecular flexibility index (Phi) is 0.794. The van der Waals surface area contributed by atoms with Crippen molar-refractivity contribution in [3.8, 4) is 5.92 Å². The number of rotatable bonds is 0. The number of aromatic amines is 1. The van der Waals surface area contributed by atoms with Crippen LogP contribution in [-0.4, -0.2) is 15.4 Å². The minimum absolute atomic E-state index is 0.431. The van der Waals surface area contributed by atoms with Gasteiger partial charge < -0.3 is 0 Å². The van der Waals surface area contributed by atoms with Crippen LogP contribution in [0.1, 0.15) is 5.69 Å². The predicted octanol–water partition coefficient (Wildman–Crippen LogP) is -0.257. The molecule has 1 heterocycles. The van der Waals surface area contributed by atoms with Gasteiger partial charge in [-0.2, -0.15) is 0 Å². The van der Waals surface area contributed by atoms with Gasteiger partial charge in [0.15, 0.2) is 5.69 Å². The van der Waals surface area contributed by atoms with Crippen LogP contribution in [-0.2, 0) is 0 Å². The van der Waals surface area contributed by atoms with Crippen molar-refractivity contribution in [1.29, 1.82) is 0 Å². The number of hydrogen-bond donors (Lipinski definition) is 1. The van der Waals surface area contributed by atoms with Crippen LogP contribution in [0.5, 0.6) is 0 Å². The molecule has 0 aliphatic heterocycles. The standard InChI is InChI=1S/C4H2N3/c1-2-4-3-5-7-6-4/h3H,(H,5,6,7). The summed E-state index contributed by atoms with van der Waals surface area (Å²) in [6.07, 6.45) is 7.98. The average Bonchev–Trinajstić information content (AvgIpc) is 2.14. The van der Waals surface area contributed by atoms with Crippen molar-refractivity contribution in [2.75, 3.05) is 0 Å². The topological polar surface area (TPSA) is 41.6 Å². The zero-order valence-corrected chi connectivity index (χ0v) is 3.47. The highest BCUT2D eigenvalue weighted by molar-refractivity contribution is 5.14. The molecule has 0 atom stereocenters. The first-order valence-electron chi connectivity index (χ1n) is 1.72. The van der Waals surface area contributed by atoms with E-state index in [2.05, 4.69) is 21.3 Å². The number of H-pyrrole nitrogens is 1. The fourth-order valence-electron chi connectivity index (χ4n) is 0.263. The minimum Gasteiger partial charge on any atom is -0.264 e. The van der Waals surface area contributed by atoms with E-state index in [1.807, 2.05) is 0 Å². The second-order valence-electron chi connectivity index (χ2n) is 0.984. The Morgan fingerprint density at radius 2 is 2.71 bits per heavy atom. The van der Waals surface area contributed by atoms with Gasteiger partial charge in [0.25, 0.3) is 0 Å². The highest BCUT2D eigenvalue weighted by Gasteiger charge is 1.82. The molecule has 0 aliphatic rings. The van der Waals surface area contributed by atoms with Gasteiger partial charge in [0.2, 0.25) is 0 Å². The van der Waals surface area contributed by atoms with Gasteiger partial charge in [-0.3, -0.25) is 5.10 Å². The Morgan fingerprint density at radius 3 is 3.00 bits per heavy atom. The quantitative estimate of drug-likeness (QED) is 0.448. The number of nitrogens with one attached hydrogen (secondary N) is 1. The largest absolute Gasteiger partial charge is 0.264 e. The van der Waals surface area contributed by atoms with Crippen molar-refractivity contribution in [3.05, 3.63) is 18.3 Å². The van der Waals surface area contributed by atoms with Crippen LogP contribution in [0, 0.1) is 12.3 Å². The van der Waals surface area contributed by atoms with Gasteiger partial charge >= 0.3 is 0 Å². The van der Waals surface area contributed by atoms with Gasteiger partial charge in [0.05, 0.1) is 6.20 Å². The molecule has 1 radical (unpaired) electrons. The molecule has 0 saturated heterocycles. The second-order valence-corrected chi connectivity index (χ2v) is 0.984. The molecule has 0 aromatic carbocycles. The van der Waals surface area contributed by atoms with Gasteiger partial charge in [-0.05, 0) is 12.3 Å². The molecule has 0 fully saturated rings. The molecule has 7 heavy (non-hydrogen) atoms. The van der Waals surface area contributed by atoms with Gasteiger partial charge in [-0.15, -0.1) is 5.10 Å². The number of hydrogen-bond acceptors (Lipinski definition) is 2. The Morgan fingerprint density at radius 1 is 1.86 bits per heavy atom.